The molecule has 20 heavy (non-hydrogen) atoms. The number of rotatable bonds is 5. The highest BCUT2D eigenvalue weighted by molar-refractivity contribution is 9.10. The lowest BCUT2D eigenvalue weighted by Crippen LogP contribution is -2.04. The maximum atomic E-state index is 5.95. The van der Waals surface area contributed by atoms with Crippen molar-refractivity contribution < 1.29 is 4.74 Å². The van der Waals surface area contributed by atoms with Crippen molar-refractivity contribution in [2.75, 3.05) is 0 Å². The van der Waals surface area contributed by atoms with Gasteiger partial charge < -0.3 is 4.74 Å². The van der Waals surface area contributed by atoms with Gasteiger partial charge >= 0.3 is 0 Å². The minimum atomic E-state index is 0.492. The number of ether oxygens (including phenoxy) is 1. The minimum absolute atomic E-state index is 0.492. The van der Waals surface area contributed by atoms with Crippen molar-refractivity contribution in [2.24, 2.45) is 7.05 Å². The predicted octanol–water partition coefficient (Wildman–Crippen LogP) is 4.98. The molecule has 0 saturated carbocycles. The number of benzene rings is 1. The molecule has 0 amide bonds. The van der Waals surface area contributed by atoms with Gasteiger partial charge in [-0.15, -0.1) is 0 Å². The summed E-state index contributed by atoms with van der Waals surface area (Å²) in [5.74, 6) is 0.885. The lowest BCUT2D eigenvalue weighted by Gasteiger charge is -2.11. The van der Waals surface area contributed by atoms with E-state index in [0.717, 1.165) is 43.4 Å². The third kappa shape index (κ3) is 3.46. The molecule has 1 heterocycles. The quantitative estimate of drug-likeness (QED) is 0.581. The van der Waals surface area contributed by atoms with Gasteiger partial charge in [-0.2, -0.15) is 5.10 Å². The summed E-state index contributed by atoms with van der Waals surface area (Å²) < 4.78 is 9.91. The Morgan fingerprint density at radius 1 is 1.30 bits per heavy atom. The fourth-order valence-corrected chi connectivity index (χ4v) is 3.49. The van der Waals surface area contributed by atoms with Gasteiger partial charge in [-0.05, 0) is 40.5 Å². The van der Waals surface area contributed by atoms with Crippen LogP contribution in [0, 0.1) is 0 Å². The minimum Gasteiger partial charge on any atom is -0.487 e. The molecule has 0 aliphatic heterocycles. The lowest BCUT2D eigenvalue weighted by molar-refractivity contribution is 0.292. The molecular formula is C14H15Br3N2O. The number of nitrogens with zero attached hydrogens (tertiary/aromatic N) is 2. The highest BCUT2D eigenvalue weighted by atomic mass is 79.9. The van der Waals surface area contributed by atoms with Crippen molar-refractivity contribution in [1.82, 2.24) is 9.78 Å². The number of halogens is 3. The van der Waals surface area contributed by atoms with Crippen LogP contribution in [0.5, 0.6) is 5.75 Å². The van der Waals surface area contributed by atoms with Crippen LogP contribution in [0.25, 0.3) is 0 Å². The second-order valence-electron chi connectivity index (χ2n) is 4.36. The molecule has 1 aromatic carbocycles. The van der Waals surface area contributed by atoms with Crippen LogP contribution < -0.4 is 4.74 Å². The Kier molecular flexibility index (Phi) is 5.69. The van der Waals surface area contributed by atoms with E-state index in [-0.39, 0.29) is 0 Å². The van der Waals surface area contributed by atoms with Crippen molar-refractivity contribution >= 4 is 47.8 Å². The van der Waals surface area contributed by atoms with Gasteiger partial charge in [0.1, 0.15) is 12.4 Å². The Morgan fingerprint density at radius 2 is 2.05 bits per heavy atom. The molecule has 0 atom stereocenters. The molecule has 0 N–H and O–H groups in total. The Labute approximate surface area is 144 Å². The van der Waals surface area contributed by atoms with Gasteiger partial charge in [0.2, 0.25) is 0 Å². The molecule has 0 bridgehead atoms. The normalized spacial score (nSPS) is 10.8. The van der Waals surface area contributed by atoms with E-state index in [4.69, 9.17) is 4.74 Å². The van der Waals surface area contributed by atoms with E-state index in [9.17, 15) is 0 Å². The van der Waals surface area contributed by atoms with Crippen molar-refractivity contribution in [2.45, 2.75) is 25.3 Å². The standard InChI is InChI=1S/C14H15Br3N2O/c1-3-11-14(17)12(19(2)18-11)8-20-13-5-4-10(16)6-9(13)7-15/h4-6H,3,7-8H2,1-2H3. The highest BCUT2D eigenvalue weighted by Gasteiger charge is 2.13. The lowest BCUT2D eigenvalue weighted by atomic mass is 10.2. The number of alkyl halides is 1. The van der Waals surface area contributed by atoms with Crippen molar-refractivity contribution in [1.29, 1.82) is 0 Å². The molecule has 0 aliphatic rings. The summed E-state index contributed by atoms with van der Waals surface area (Å²) in [6.45, 7) is 2.58. The van der Waals surface area contributed by atoms with E-state index in [0.29, 0.717) is 6.61 Å². The number of aryl methyl sites for hydroxylation is 2. The molecule has 0 aliphatic carbocycles. The largest absolute Gasteiger partial charge is 0.487 e. The second-order valence-corrected chi connectivity index (χ2v) is 6.63. The van der Waals surface area contributed by atoms with Crippen LogP contribution in [0.1, 0.15) is 23.9 Å². The zero-order chi connectivity index (χ0) is 14.7. The number of hydrogen-bond donors (Lipinski definition) is 0. The molecule has 3 nitrogen and oxygen atoms in total. The van der Waals surface area contributed by atoms with Gasteiger partial charge in [-0.3, -0.25) is 4.68 Å². The first-order chi connectivity index (χ1) is 9.56. The molecule has 0 fully saturated rings. The van der Waals surface area contributed by atoms with Crippen LogP contribution in [0.4, 0.5) is 0 Å². The van der Waals surface area contributed by atoms with Gasteiger partial charge in [0.25, 0.3) is 0 Å². The Balaban J connectivity index is 2.19. The molecule has 0 radical (unpaired) electrons. The number of aromatic nitrogens is 2. The van der Waals surface area contributed by atoms with E-state index in [1.807, 2.05) is 23.9 Å². The molecular weight excluding hydrogens is 452 g/mol. The topological polar surface area (TPSA) is 27.1 Å². The molecule has 108 valence electrons. The second kappa shape index (κ2) is 7.09. The van der Waals surface area contributed by atoms with E-state index in [1.165, 1.54) is 0 Å². The zero-order valence-electron chi connectivity index (χ0n) is 11.3. The molecule has 6 heteroatoms. The van der Waals surface area contributed by atoms with Crippen LogP contribution in [-0.2, 0) is 25.4 Å². The first-order valence-corrected chi connectivity index (χ1v) is 8.95. The fourth-order valence-electron chi connectivity index (χ4n) is 1.92. The molecule has 2 rings (SSSR count). The number of hydrogen-bond acceptors (Lipinski definition) is 2. The predicted molar refractivity (Wildman–Crippen MR) is 91.4 cm³/mol. The van der Waals surface area contributed by atoms with E-state index in [1.54, 1.807) is 0 Å². The molecule has 0 unspecified atom stereocenters. The Bertz CT molecular complexity index is 611. The Hall–Kier alpha value is -0.330. The first-order valence-electron chi connectivity index (χ1n) is 6.24. The smallest absolute Gasteiger partial charge is 0.131 e. The van der Waals surface area contributed by atoms with Gasteiger partial charge in [-0.1, -0.05) is 38.8 Å². The zero-order valence-corrected chi connectivity index (χ0v) is 16.0. The maximum absolute atomic E-state index is 5.95. The van der Waals surface area contributed by atoms with Crippen LogP contribution in [0.15, 0.2) is 27.1 Å². The molecule has 2 aromatic rings. The van der Waals surface area contributed by atoms with Crippen molar-refractivity contribution in [3.8, 4) is 5.75 Å². The van der Waals surface area contributed by atoms with Crippen molar-refractivity contribution in [3.63, 3.8) is 0 Å². The van der Waals surface area contributed by atoms with Crippen LogP contribution in [-0.4, -0.2) is 9.78 Å². The summed E-state index contributed by atoms with van der Waals surface area (Å²) >= 11 is 10.6. The monoisotopic (exact) mass is 464 g/mol. The Morgan fingerprint density at radius 3 is 2.65 bits per heavy atom. The van der Waals surface area contributed by atoms with Crippen molar-refractivity contribution in [3.05, 3.63) is 44.1 Å². The molecule has 0 spiro atoms. The summed E-state index contributed by atoms with van der Waals surface area (Å²) in [6, 6.07) is 6.02. The van der Waals surface area contributed by atoms with E-state index >= 15 is 0 Å². The van der Waals surface area contributed by atoms with Gasteiger partial charge in [0.15, 0.2) is 0 Å². The molecule has 0 saturated heterocycles. The van der Waals surface area contributed by atoms with Crippen LogP contribution >= 0.6 is 47.8 Å². The molecule has 1 aromatic heterocycles. The average Bonchev–Trinajstić information content (AvgIpc) is 2.72. The summed E-state index contributed by atoms with van der Waals surface area (Å²) in [4.78, 5) is 0. The SMILES string of the molecule is CCc1nn(C)c(COc2ccc(Br)cc2CBr)c1Br. The summed E-state index contributed by atoms with van der Waals surface area (Å²) in [6.07, 6.45) is 0.902. The van der Waals surface area contributed by atoms with Gasteiger partial charge in [0, 0.05) is 22.4 Å². The summed E-state index contributed by atoms with van der Waals surface area (Å²) in [7, 11) is 1.94. The third-order valence-electron chi connectivity index (χ3n) is 3.03. The third-order valence-corrected chi connectivity index (χ3v) is 5.05. The first kappa shape index (κ1) is 16.0. The van der Waals surface area contributed by atoms with E-state index in [2.05, 4.69) is 65.9 Å². The summed E-state index contributed by atoms with van der Waals surface area (Å²) in [5, 5.41) is 5.23. The van der Waals surface area contributed by atoms with Crippen LogP contribution in [0.3, 0.4) is 0 Å². The van der Waals surface area contributed by atoms with Crippen LogP contribution in [0.2, 0.25) is 0 Å². The highest BCUT2D eigenvalue weighted by Crippen LogP contribution is 2.28. The fraction of sp³-hybridized carbons (Fsp3) is 0.357. The average molecular weight is 467 g/mol. The maximum Gasteiger partial charge on any atom is 0.131 e. The van der Waals surface area contributed by atoms with E-state index < -0.39 is 0 Å². The van der Waals surface area contributed by atoms with Gasteiger partial charge in [0.05, 0.1) is 15.9 Å². The van der Waals surface area contributed by atoms with Gasteiger partial charge in [-0.25, -0.2) is 0 Å². The summed E-state index contributed by atoms with van der Waals surface area (Å²) in [5.41, 5.74) is 3.22.